The highest BCUT2D eigenvalue weighted by molar-refractivity contribution is 5.98. The van der Waals surface area contributed by atoms with E-state index >= 15 is 0 Å². The molecule has 1 atom stereocenters. The number of H-pyrrole nitrogens is 1. The number of nitrogens with zero attached hydrogens (tertiary/aromatic N) is 7. The van der Waals surface area contributed by atoms with Crippen molar-refractivity contribution in [3.8, 4) is 5.82 Å². The summed E-state index contributed by atoms with van der Waals surface area (Å²) in [6.07, 6.45) is 8.34. The van der Waals surface area contributed by atoms with E-state index in [0.717, 1.165) is 47.9 Å². The first kappa shape index (κ1) is 17.4. The van der Waals surface area contributed by atoms with E-state index < -0.39 is 0 Å². The van der Waals surface area contributed by atoms with Gasteiger partial charge in [-0.1, -0.05) is 0 Å². The predicted octanol–water partition coefficient (Wildman–Crippen LogP) is 2.46. The van der Waals surface area contributed by atoms with Crippen LogP contribution in [0.4, 0.5) is 17.2 Å². The average molecular weight is 402 g/mol. The Balaban J connectivity index is 1.60. The molecule has 1 unspecified atom stereocenters. The van der Waals surface area contributed by atoms with Gasteiger partial charge in [0.25, 0.3) is 0 Å². The maximum atomic E-state index is 5.68. The number of anilines is 3. The van der Waals surface area contributed by atoms with Crippen LogP contribution in [0.25, 0.3) is 16.9 Å². The Morgan fingerprint density at radius 1 is 1.20 bits per heavy atom. The Morgan fingerprint density at radius 3 is 2.97 bits per heavy atom. The second kappa shape index (κ2) is 6.81. The molecule has 0 aromatic carbocycles. The minimum Gasteiger partial charge on any atom is -0.377 e. The summed E-state index contributed by atoms with van der Waals surface area (Å²) in [5.74, 6) is 1.75. The van der Waals surface area contributed by atoms with Gasteiger partial charge < -0.3 is 14.5 Å². The summed E-state index contributed by atoms with van der Waals surface area (Å²) in [5, 5.41) is 12.8. The molecule has 9 nitrogen and oxygen atoms in total. The molecule has 2 aliphatic heterocycles. The zero-order valence-electron chi connectivity index (χ0n) is 16.7. The molecular weight excluding hydrogens is 380 g/mol. The summed E-state index contributed by atoms with van der Waals surface area (Å²) in [6.45, 7) is 5.33. The quantitative estimate of drug-likeness (QED) is 0.563. The fourth-order valence-electron chi connectivity index (χ4n) is 4.52. The normalized spacial score (nSPS) is 18.9. The van der Waals surface area contributed by atoms with Crippen LogP contribution in [0, 0.1) is 0 Å². The lowest BCUT2D eigenvalue weighted by molar-refractivity contribution is 0.0985. The molecular formula is C21H22N8O. The van der Waals surface area contributed by atoms with E-state index in [1.165, 1.54) is 11.3 Å². The Bertz CT molecular complexity index is 1190. The van der Waals surface area contributed by atoms with Crippen molar-refractivity contribution in [1.29, 1.82) is 0 Å². The number of aromatic nitrogens is 6. The minimum absolute atomic E-state index is 0.266. The van der Waals surface area contributed by atoms with Crippen molar-refractivity contribution in [2.24, 2.45) is 0 Å². The van der Waals surface area contributed by atoms with Gasteiger partial charge in [0, 0.05) is 37.1 Å². The third-order valence-corrected chi connectivity index (χ3v) is 5.92. The first-order valence-electron chi connectivity index (χ1n) is 10.2. The number of nitrogens with one attached hydrogen (secondary N) is 1. The van der Waals surface area contributed by atoms with Crippen molar-refractivity contribution in [2.75, 3.05) is 36.1 Å². The van der Waals surface area contributed by atoms with E-state index in [1.54, 1.807) is 17.1 Å². The van der Waals surface area contributed by atoms with Crippen molar-refractivity contribution < 1.29 is 4.74 Å². The summed E-state index contributed by atoms with van der Waals surface area (Å²) in [7, 11) is 0. The summed E-state index contributed by atoms with van der Waals surface area (Å²) in [4.78, 5) is 14.2. The molecule has 0 spiro atoms. The zero-order valence-corrected chi connectivity index (χ0v) is 16.7. The molecule has 0 saturated carbocycles. The lowest BCUT2D eigenvalue weighted by atomic mass is 10.1. The molecule has 1 saturated heterocycles. The number of aromatic amines is 1. The van der Waals surface area contributed by atoms with Crippen LogP contribution in [0.3, 0.4) is 0 Å². The number of ether oxygens (including phenoxy) is 1. The Labute approximate surface area is 173 Å². The van der Waals surface area contributed by atoms with Crippen LogP contribution < -0.4 is 9.80 Å². The molecule has 9 heteroatoms. The number of morpholine rings is 1. The highest BCUT2D eigenvalue weighted by Gasteiger charge is 2.33. The van der Waals surface area contributed by atoms with E-state index in [4.69, 9.17) is 9.72 Å². The number of fused-ring (bicyclic) bond motifs is 3. The smallest absolute Gasteiger partial charge is 0.177 e. The maximum absolute atomic E-state index is 5.68. The molecule has 4 aromatic rings. The molecule has 0 aliphatic carbocycles. The highest BCUT2D eigenvalue weighted by atomic mass is 16.5. The second-order valence-electron chi connectivity index (χ2n) is 7.72. The van der Waals surface area contributed by atoms with Crippen molar-refractivity contribution in [2.45, 2.75) is 19.4 Å². The topological polar surface area (TPSA) is 88.0 Å². The third-order valence-electron chi connectivity index (χ3n) is 5.92. The van der Waals surface area contributed by atoms with Gasteiger partial charge in [0.05, 0.1) is 48.4 Å². The summed E-state index contributed by atoms with van der Waals surface area (Å²) < 4.78 is 7.48. The Kier molecular flexibility index (Phi) is 3.95. The maximum Gasteiger partial charge on any atom is 0.177 e. The van der Waals surface area contributed by atoms with E-state index in [1.807, 2.05) is 24.5 Å². The lowest BCUT2D eigenvalue weighted by Crippen LogP contribution is -2.44. The van der Waals surface area contributed by atoms with Crippen LogP contribution in [-0.2, 0) is 11.2 Å². The van der Waals surface area contributed by atoms with Crippen LogP contribution in [0.15, 0.2) is 43.0 Å². The molecule has 1 fully saturated rings. The van der Waals surface area contributed by atoms with E-state index in [9.17, 15) is 0 Å². The highest BCUT2D eigenvalue weighted by Crippen LogP contribution is 2.44. The van der Waals surface area contributed by atoms with Crippen LogP contribution >= 0.6 is 0 Å². The lowest BCUT2D eigenvalue weighted by Gasteiger charge is -2.35. The molecule has 0 radical (unpaired) electrons. The number of rotatable bonds is 3. The van der Waals surface area contributed by atoms with Crippen molar-refractivity contribution in [3.05, 3.63) is 48.5 Å². The van der Waals surface area contributed by atoms with Gasteiger partial charge in [-0.2, -0.15) is 14.9 Å². The molecule has 0 bridgehead atoms. The van der Waals surface area contributed by atoms with Crippen LogP contribution in [-0.4, -0.2) is 62.3 Å². The number of hydrogen-bond donors (Lipinski definition) is 1. The Morgan fingerprint density at radius 2 is 2.17 bits per heavy atom. The van der Waals surface area contributed by atoms with Crippen molar-refractivity contribution >= 4 is 28.2 Å². The standard InChI is InChI=1S/C21H22N8O/c1-14-13-30-10-9-27(14)20-16-5-8-28(15-3-2-6-22-11-15)19(16)17-12-24-29(21(17)25-20)18-4-7-23-26-18/h2-4,6-7,11-12,14H,5,8-10,13H2,1H3,(H,23,26). The third kappa shape index (κ3) is 2.58. The molecule has 2 aliphatic rings. The van der Waals surface area contributed by atoms with Crippen LogP contribution in [0.2, 0.25) is 0 Å². The first-order valence-corrected chi connectivity index (χ1v) is 10.2. The molecule has 4 aromatic heterocycles. The van der Waals surface area contributed by atoms with E-state index in [-0.39, 0.29) is 6.04 Å². The van der Waals surface area contributed by atoms with Gasteiger partial charge in [0.2, 0.25) is 0 Å². The van der Waals surface area contributed by atoms with Gasteiger partial charge >= 0.3 is 0 Å². The molecule has 0 amide bonds. The first-order chi connectivity index (χ1) is 14.8. The van der Waals surface area contributed by atoms with Crippen LogP contribution in [0.1, 0.15) is 12.5 Å². The fourth-order valence-corrected chi connectivity index (χ4v) is 4.52. The van der Waals surface area contributed by atoms with Crippen molar-refractivity contribution in [1.82, 2.24) is 29.9 Å². The molecule has 6 heterocycles. The molecule has 152 valence electrons. The summed E-state index contributed by atoms with van der Waals surface area (Å²) in [5.41, 5.74) is 4.33. The average Bonchev–Trinajstić information content (AvgIpc) is 3.52. The molecule has 6 rings (SSSR count). The number of hydrogen-bond acceptors (Lipinski definition) is 7. The van der Waals surface area contributed by atoms with Gasteiger partial charge in [-0.3, -0.25) is 10.1 Å². The molecule has 1 N–H and O–H groups in total. The largest absolute Gasteiger partial charge is 0.377 e. The van der Waals surface area contributed by atoms with Crippen LogP contribution in [0.5, 0.6) is 0 Å². The van der Waals surface area contributed by atoms with Crippen molar-refractivity contribution in [3.63, 3.8) is 0 Å². The minimum atomic E-state index is 0.266. The van der Waals surface area contributed by atoms with Gasteiger partial charge in [0.15, 0.2) is 11.5 Å². The Hall–Kier alpha value is -3.46. The van der Waals surface area contributed by atoms with Gasteiger partial charge in [-0.25, -0.2) is 4.98 Å². The van der Waals surface area contributed by atoms with Gasteiger partial charge in [-0.15, -0.1) is 0 Å². The van der Waals surface area contributed by atoms with E-state index in [0.29, 0.717) is 13.2 Å². The SMILES string of the molecule is CC1COCCN1c1nc2c(cnn2-c2cc[nH]n2)c2c1CCN2c1cccnc1. The van der Waals surface area contributed by atoms with Gasteiger partial charge in [-0.05, 0) is 25.5 Å². The van der Waals surface area contributed by atoms with E-state index in [2.05, 4.69) is 43.1 Å². The van der Waals surface area contributed by atoms with Gasteiger partial charge in [0.1, 0.15) is 5.82 Å². The second-order valence-corrected chi connectivity index (χ2v) is 7.72. The molecule has 30 heavy (non-hydrogen) atoms. The predicted molar refractivity (Wildman–Crippen MR) is 114 cm³/mol. The number of pyridine rings is 2. The monoisotopic (exact) mass is 402 g/mol. The summed E-state index contributed by atoms with van der Waals surface area (Å²) in [6, 6.07) is 6.24. The summed E-state index contributed by atoms with van der Waals surface area (Å²) >= 11 is 0. The zero-order chi connectivity index (χ0) is 20.1. The fraction of sp³-hybridized carbons (Fsp3) is 0.333.